The predicted molar refractivity (Wildman–Crippen MR) is 94.8 cm³/mol. The lowest BCUT2D eigenvalue weighted by atomic mass is 10.1. The number of carboxylic acids is 1. The Morgan fingerprint density at radius 1 is 1.36 bits per heavy atom. The Balaban J connectivity index is 1.68. The van der Waals surface area contributed by atoms with Crippen LogP contribution in [-0.2, 0) is 20.7 Å². The highest BCUT2D eigenvalue weighted by atomic mass is 35.5. The molecule has 0 radical (unpaired) electrons. The van der Waals surface area contributed by atoms with Crippen LogP contribution in [-0.4, -0.2) is 52.7 Å². The van der Waals surface area contributed by atoms with E-state index in [9.17, 15) is 9.59 Å². The molecule has 0 saturated carbocycles. The average molecular weight is 381 g/mol. The number of hydrogen-bond acceptors (Lipinski definition) is 5. The lowest BCUT2D eigenvalue weighted by Crippen LogP contribution is -2.50. The van der Waals surface area contributed by atoms with E-state index in [1.807, 2.05) is 17.5 Å². The van der Waals surface area contributed by atoms with Crippen molar-refractivity contribution in [1.29, 1.82) is 0 Å². The Hall–Kier alpha value is -1.96. The fraction of sp³-hybridized carbons (Fsp3) is 0.353. The SMILES string of the molecule is O=C(O)CC1COCCN1C(=O)Cc1csc(-c2ccc(Cl)cc2)n1. The van der Waals surface area contributed by atoms with Crippen LogP contribution in [0.25, 0.3) is 10.6 Å². The molecule has 1 aliphatic rings. The number of carbonyl (C=O) groups excluding carboxylic acids is 1. The molecule has 1 saturated heterocycles. The molecule has 2 aromatic rings. The van der Waals surface area contributed by atoms with E-state index in [0.29, 0.717) is 23.9 Å². The van der Waals surface area contributed by atoms with Crippen LogP contribution in [0, 0.1) is 0 Å². The number of ether oxygens (including phenoxy) is 1. The van der Waals surface area contributed by atoms with Gasteiger partial charge in [0, 0.05) is 22.5 Å². The maximum Gasteiger partial charge on any atom is 0.305 e. The van der Waals surface area contributed by atoms with E-state index in [-0.39, 0.29) is 25.4 Å². The quantitative estimate of drug-likeness (QED) is 0.862. The van der Waals surface area contributed by atoms with Crippen molar-refractivity contribution in [1.82, 2.24) is 9.88 Å². The van der Waals surface area contributed by atoms with Gasteiger partial charge in [-0.25, -0.2) is 4.98 Å². The summed E-state index contributed by atoms with van der Waals surface area (Å²) < 4.78 is 5.30. The van der Waals surface area contributed by atoms with Crippen molar-refractivity contribution in [2.24, 2.45) is 0 Å². The number of benzene rings is 1. The van der Waals surface area contributed by atoms with Crippen molar-refractivity contribution in [2.45, 2.75) is 18.9 Å². The van der Waals surface area contributed by atoms with E-state index in [4.69, 9.17) is 21.4 Å². The Morgan fingerprint density at radius 2 is 2.12 bits per heavy atom. The molecule has 1 atom stereocenters. The van der Waals surface area contributed by atoms with Crippen LogP contribution in [0.2, 0.25) is 5.02 Å². The van der Waals surface area contributed by atoms with Gasteiger partial charge in [0.05, 0.1) is 37.8 Å². The first-order valence-corrected chi connectivity index (χ1v) is 9.08. The number of morpholine rings is 1. The molecule has 1 aliphatic heterocycles. The minimum absolute atomic E-state index is 0.112. The van der Waals surface area contributed by atoms with Crippen molar-refractivity contribution in [3.63, 3.8) is 0 Å². The molecular formula is C17H17ClN2O4S. The number of rotatable bonds is 5. The fourth-order valence-corrected chi connectivity index (χ4v) is 3.68. The minimum Gasteiger partial charge on any atom is -0.481 e. The predicted octanol–water partition coefficient (Wildman–Crippen LogP) is 2.71. The van der Waals surface area contributed by atoms with Gasteiger partial charge in [-0.15, -0.1) is 11.3 Å². The molecule has 132 valence electrons. The Morgan fingerprint density at radius 3 is 2.84 bits per heavy atom. The fourth-order valence-electron chi connectivity index (χ4n) is 2.72. The highest BCUT2D eigenvalue weighted by Crippen LogP contribution is 2.25. The maximum atomic E-state index is 12.6. The number of carboxylic acid groups (broad SMARTS) is 1. The standard InChI is InChI=1S/C17H17ClN2O4S/c18-12-3-1-11(2-4-12)17-19-13(10-25-17)7-15(21)20-5-6-24-9-14(20)8-16(22)23/h1-4,10,14H,5-9H2,(H,22,23). The Labute approximate surface area is 154 Å². The summed E-state index contributed by atoms with van der Waals surface area (Å²) in [5.41, 5.74) is 1.63. The van der Waals surface area contributed by atoms with Crippen molar-refractivity contribution >= 4 is 34.8 Å². The zero-order chi connectivity index (χ0) is 17.8. The van der Waals surface area contributed by atoms with Crippen LogP contribution in [0.4, 0.5) is 0 Å². The second kappa shape index (κ2) is 7.95. The Bertz CT molecular complexity index is 762. The molecule has 2 heterocycles. The summed E-state index contributed by atoms with van der Waals surface area (Å²) in [7, 11) is 0. The summed E-state index contributed by atoms with van der Waals surface area (Å²) in [6.07, 6.45) is 0.0407. The summed E-state index contributed by atoms with van der Waals surface area (Å²) in [4.78, 5) is 29.6. The second-order valence-electron chi connectivity index (χ2n) is 5.74. The average Bonchev–Trinajstić information content (AvgIpc) is 3.04. The molecule has 0 bridgehead atoms. The van der Waals surface area contributed by atoms with Crippen LogP contribution in [0.3, 0.4) is 0 Å². The molecule has 8 heteroatoms. The topological polar surface area (TPSA) is 79.7 Å². The first-order chi connectivity index (χ1) is 12.0. The van der Waals surface area contributed by atoms with Gasteiger partial charge in [-0.2, -0.15) is 0 Å². The van der Waals surface area contributed by atoms with Crippen LogP contribution in [0.5, 0.6) is 0 Å². The van der Waals surface area contributed by atoms with Crippen LogP contribution >= 0.6 is 22.9 Å². The number of aliphatic carboxylic acids is 1. The summed E-state index contributed by atoms with van der Waals surface area (Å²) in [5.74, 6) is -1.06. The van der Waals surface area contributed by atoms with Crippen LogP contribution < -0.4 is 0 Å². The van der Waals surface area contributed by atoms with Crippen molar-refractivity contribution in [3.8, 4) is 10.6 Å². The molecular weight excluding hydrogens is 364 g/mol. The highest BCUT2D eigenvalue weighted by molar-refractivity contribution is 7.13. The van der Waals surface area contributed by atoms with Gasteiger partial charge in [-0.1, -0.05) is 23.7 Å². The van der Waals surface area contributed by atoms with Crippen molar-refractivity contribution in [3.05, 3.63) is 40.4 Å². The molecule has 1 unspecified atom stereocenters. The molecule has 1 aromatic carbocycles. The lowest BCUT2D eigenvalue weighted by molar-refractivity contribution is -0.145. The van der Waals surface area contributed by atoms with E-state index in [1.165, 1.54) is 11.3 Å². The number of hydrogen-bond donors (Lipinski definition) is 1. The smallest absolute Gasteiger partial charge is 0.305 e. The molecule has 1 aromatic heterocycles. The van der Waals surface area contributed by atoms with Gasteiger partial charge in [0.25, 0.3) is 0 Å². The molecule has 1 fully saturated rings. The van der Waals surface area contributed by atoms with Gasteiger partial charge < -0.3 is 14.7 Å². The molecule has 3 rings (SSSR count). The molecule has 1 amide bonds. The van der Waals surface area contributed by atoms with Crippen LogP contribution in [0.1, 0.15) is 12.1 Å². The molecule has 1 N–H and O–H groups in total. The molecule has 0 aliphatic carbocycles. The second-order valence-corrected chi connectivity index (χ2v) is 7.04. The lowest BCUT2D eigenvalue weighted by Gasteiger charge is -2.34. The normalized spacial score (nSPS) is 17.5. The molecule has 25 heavy (non-hydrogen) atoms. The summed E-state index contributed by atoms with van der Waals surface area (Å²) in [5, 5.41) is 12.3. The first kappa shape index (κ1) is 17.8. The number of nitrogens with zero attached hydrogens (tertiary/aromatic N) is 2. The summed E-state index contributed by atoms with van der Waals surface area (Å²) in [6.45, 7) is 1.09. The zero-order valence-electron chi connectivity index (χ0n) is 13.4. The van der Waals surface area contributed by atoms with E-state index in [1.54, 1.807) is 17.0 Å². The van der Waals surface area contributed by atoms with Gasteiger partial charge >= 0.3 is 5.97 Å². The van der Waals surface area contributed by atoms with E-state index in [0.717, 1.165) is 10.6 Å². The van der Waals surface area contributed by atoms with Gasteiger partial charge in [0.2, 0.25) is 5.91 Å². The number of thiazole rings is 1. The number of aromatic nitrogens is 1. The van der Waals surface area contributed by atoms with Gasteiger partial charge in [0.1, 0.15) is 5.01 Å². The highest BCUT2D eigenvalue weighted by Gasteiger charge is 2.29. The number of amides is 1. The zero-order valence-corrected chi connectivity index (χ0v) is 14.9. The third-order valence-electron chi connectivity index (χ3n) is 3.93. The maximum absolute atomic E-state index is 12.6. The Kier molecular flexibility index (Phi) is 5.67. The van der Waals surface area contributed by atoms with Gasteiger partial charge in [-0.05, 0) is 12.1 Å². The van der Waals surface area contributed by atoms with Crippen molar-refractivity contribution in [2.75, 3.05) is 19.8 Å². The largest absolute Gasteiger partial charge is 0.481 e. The van der Waals surface area contributed by atoms with Gasteiger partial charge in [0.15, 0.2) is 0 Å². The van der Waals surface area contributed by atoms with E-state index in [2.05, 4.69) is 4.98 Å². The van der Waals surface area contributed by atoms with E-state index >= 15 is 0 Å². The van der Waals surface area contributed by atoms with Crippen molar-refractivity contribution < 1.29 is 19.4 Å². The summed E-state index contributed by atoms with van der Waals surface area (Å²) in [6, 6.07) is 6.95. The number of carbonyl (C=O) groups is 2. The number of halogens is 1. The summed E-state index contributed by atoms with van der Waals surface area (Å²) >= 11 is 7.35. The van der Waals surface area contributed by atoms with E-state index < -0.39 is 12.0 Å². The van der Waals surface area contributed by atoms with Crippen LogP contribution in [0.15, 0.2) is 29.6 Å². The first-order valence-electron chi connectivity index (χ1n) is 7.82. The monoisotopic (exact) mass is 380 g/mol. The minimum atomic E-state index is -0.938. The van der Waals surface area contributed by atoms with Gasteiger partial charge in [-0.3, -0.25) is 9.59 Å². The third kappa shape index (κ3) is 4.56. The molecule has 6 nitrogen and oxygen atoms in total. The molecule has 0 spiro atoms. The third-order valence-corrected chi connectivity index (χ3v) is 5.13.